The third-order valence-corrected chi connectivity index (χ3v) is 4.72. The Morgan fingerprint density at radius 1 is 1.09 bits per heavy atom. The van der Waals surface area contributed by atoms with Crippen molar-refractivity contribution in [2.45, 2.75) is 90.6 Å². The summed E-state index contributed by atoms with van der Waals surface area (Å²) in [4.78, 5) is 23.3. The van der Waals surface area contributed by atoms with E-state index in [4.69, 9.17) is 9.84 Å². The second-order valence-electron chi connectivity index (χ2n) is 6.57. The van der Waals surface area contributed by atoms with Crippen molar-refractivity contribution >= 4 is 11.9 Å². The van der Waals surface area contributed by atoms with E-state index in [1.54, 1.807) is 0 Å². The zero-order valence-electron chi connectivity index (χ0n) is 14.2. The van der Waals surface area contributed by atoms with E-state index in [-0.39, 0.29) is 23.9 Å². The Labute approximate surface area is 134 Å². The van der Waals surface area contributed by atoms with E-state index < -0.39 is 5.97 Å². The SMILES string of the molecule is CCCCCCCC(CC)OC(=O)C1CCCC(C(=O)O)C1. The lowest BCUT2D eigenvalue weighted by atomic mass is 9.81. The number of ether oxygens (including phenoxy) is 1. The van der Waals surface area contributed by atoms with Crippen LogP contribution in [0.4, 0.5) is 0 Å². The van der Waals surface area contributed by atoms with Gasteiger partial charge in [0.25, 0.3) is 0 Å². The topological polar surface area (TPSA) is 63.6 Å². The highest BCUT2D eigenvalue weighted by molar-refractivity contribution is 5.75. The number of aliphatic carboxylic acids is 1. The maximum atomic E-state index is 12.3. The van der Waals surface area contributed by atoms with Crippen LogP contribution in [0.15, 0.2) is 0 Å². The third kappa shape index (κ3) is 6.80. The number of hydrogen-bond donors (Lipinski definition) is 1. The Morgan fingerprint density at radius 2 is 1.77 bits per heavy atom. The predicted octanol–water partition coefficient (Wildman–Crippen LogP) is 4.56. The Hall–Kier alpha value is -1.06. The molecule has 1 aliphatic carbocycles. The van der Waals surface area contributed by atoms with Gasteiger partial charge in [-0.2, -0.15) is 0 Å². The molecule has 0 aromatic heterocycles. The van der Waals surface area contributed by atoms with Gasteiger partial charge in [-0.1, -0.05) is 46.0 Å². The van der Waals surface area contributed by atoms with Gasteiger partial charge in [0.15, 0.2) is 0 Å². The summed E-state index contributed by atoms with van der Waals surface area (Å²) in [5.41, 5.74) is 0. The van der Waals surface area contributed by atoms with Crippen LogP contribution < -0.4 is 0 Å². The first-order valence-corrected chi connectivity index (χ1v) is 9.01. The van der Waals surface area contributed by atoms with Crippen molar-refractivity contribution in [2.75, 3.05) is 0 Å². The van der Waals surface area contributed by atoms with Gasteiger partial charge in [-0.05, 0) is 38.5 Å². The van der Waals surface area contributed by atoms with Crippen molar-refractivity contribution in [1.29, 1.82) is 0 Å². The lowest BCUT2D eigenvalue weighted by Gasteiger charge is -2.27. The number of unbranched alkanes of at least 4 members (excludes halogenated alkanes) is 4. The van der Waals surface area contributed by atoms with Crippen LogP contribution in [0.2, 0.25) is 0 Å². The van der Waals surface area contributed by atoms with Crippen molar-refractivity contribution in [1.82, 2.24) is 0 Å². The molecule has 1 saturated carbocycles. The predicted molar refractivity (Wildman–Crippen MR) is 86.6 cm³/mol. The van der Waals surface area contributed by atoms with Crippen LogP contribution >= 0.6 is 0 Å². The smallest absolute Gasteiger partial charge is 0.309 e. The molecule has 0 aromatic carbocycles. The second kappa shape index (κ2) is 10.6. The number of carbonyl (C=O) groups excluding carboxylic acids is 1. The van der Waals surface area contributed by atoms with Gasteiger partial charge in [0, 0.05) is 0 Å². The zero-order valence-corrected chi connectivity index (χ0v) is 14.2. The molecule has 4 nitrogen and oxygen atoms in total. The maximum Gasteiger partial charge on any atom is 0.309 e. The average Bonchev–Trinajstić information content (AvgIpc) is 2.53. The van der Waals surface area contributed by atoms with Crippen LogP contribution in [0.1, 0.15) is 84.5 Å². The summed E-state index contributed by atoms with van der Waals surface area (Å²) >= 11 is 0. The molecule has 3 unspecified atom stereocenters. The molecule has 0 bridgehead atoms. The molecule has 4 heteroatoms. The van der Waals surface area contributed by atoms with E-state index in [0.29, 0.717) is 12.8 Å². The minimum Gasteiger partial charge on any atom is -0.481 e. The molecule has 1 fully saturated rings. The quantitative estimate of drug-likeness (QED) is 0.474. The van der Waals surface area contributed by atoms with Crippen molar-refractivity contribution in [3.8, 4) is 0 Å². The van der Waals surface area contributed by atoms with E-state index in [2.05, 4.69) is 6.92 Å². The highest BCUT2D eigenvalue weighted by atomic mass is 16.5. The number of rotatable bonds is 10. The molecule has 0 aromatic rings. The largest absolute Gasteiger partial charge is 0.481 e. The minimum absolute atomic E-state index is 0.000619. The fraction of sp³-hybridized carbons (Fsp3) is 0.889. The minimum atomic E-state index is -0.777. The van der Waals surface area contributed by atoms with Crippen LogP contribution in [0.25, 0.3) is 0 Å². The summed E-state index contributed by atoms with van der Waals surface area (Å²) in [6.45, 7) is 4.25. The molecule has 0 radical (unpaired) electrons. The number of hydrogen-bond acceptors (Lipinski definition) is 3. The third-order valence-electron chi connectivity index (χ3n) is 4.72. The highest BCUT2D eigenvalue weighted by Gasteiger charge is 2.32. The van der Waals surface area contributed by atoms with Crippen LogP contribution in [0, 0.1) is 11.8 Å². The Balaban J connectivity index is 2.32. The number of carbonyl (C=O) groups is 2. The zero-order chi connectivity index (χ0) is 16.4. The fourth-order valence-electron chi connectivity index (χ4n) is 3.21. The van der Waals surface area contributed by atoms with Gasteiger partial charge in [0.2, 0.25) is 0 Å². The lowest BCUT2D eigenvalue weighted by Crippen LogP contribution is -2.30. The molecular weight excluding hydrogens is 280 g/mol. The highest BCUT2D eigenvalue weighted by Crippen LogP contribution is 2.30. The van der Waals surface area contributed by atoms with Crippen molar-refractivity contribution in [3.05, 3.63) is 0 Å². The molecule has 0 saturated heterocycles. The first kappa shape index (κ1) is 19.0. The van der Waals surface area contributed by atoms with Crippen LogP contribution in [0.5, 0.6) is 0 Å². The monoisotopic (exact) mass is 312 g/mol. The number of carboxylic acid groups (broad SMARTS) is 1. The summed E-state index contributed by atoms with van der Waals surface area (Å²) in [7, 11) is 0. The Kier molecular flexibility index (Phi) is 9.17. The second-order valence-corrected chi connectivity index (χ2v) is 6.57. The number of carboxylic acids is 1. The van der Waals surface area contributed by atoms with Gasteiger partial charge in [0.1, 0.15) is 6.10 Å². The molecule has 0 spiro atoms. The van der Waals surface area contributed by atoms with Gasteiger partial charge < -0.3 is 9.84 Å². The van der Waals surface area contributed by atoms with Crippen molar-refractivity contribution in [3.63, 3.8) is 0 Å². The molecule has 0 heterocycles. The van der Waals surface area contributed by atoms with E-state index >= 15 is 0 Å². The summed E-state index contributed by atoms with van der Waals surface area (Å²) in [5, 5.41) is 9.10. The molecular formula is C18H32O4. The van der Waals surface area contributed by atoms with E-state index in [1.807, 2.05) is 6.92 Å². The van der Waals surface area contributed by atoms with Crippen molar-refractivity contribution in [2.24, 2.45) is 11.8 Å². The molecule has 1 N–H and O–H groups in total. The molecule has 22 heavy (non-hydrogen) atoms. The van der Waals surface area contributed by atoms with Gasteiger partial charge in [-0.15, -0.1) is 0 Å². The molecule has 0 aliphatic heterocycles. The molecule has 1 rings (SSSR count). The molecule has 0 amide bonds. The summed E-state index contributed by atoms with van der Waals surface area (Å²) in [6, 6.07) is 0. The molecule has 3 atom stereocenters. The van der Waals surface area contributed by atoms with Gasteiger partial charge in [-0.3, -0.25) is 9.59 Å². The molecule has 1 aliphatic rings. The summed E-state index contributed by atoms with van der Waals surface area (Å²) < 4.78 is 5.64. The van der Waals surface area contributed by atoms with Gasteiger partial charge >= 0.3 is 11.9 Å². The molecule has 128 valence electrons. The van der Waals surface area contributed by atoms with E-state index in [9.17, 15) is 9.59 Å². The maximum absolute atomic E-state index is 12.3. The standard InChI is InChI=1S/C18H32O4/c1-3-5-6-7-8-12-16(4-2)22-18(21)15-11-9-10-14(13-15)17(19)20/h14-16H,3-13H2,1-2H3,(H,19,20). The van der Waals surface area contributed by atoms with E-state index in [0.717, 1.165) is 32.1 Å². The number of esters is 1. The van der Waals surface area contributed by atoms with Crippen LogP contribution in [-0.4, -0.2) is 23.1 Å². The lowest BCUT2D eigenvalue weighted by molar-refractivity contribution is -0.157. The average molecular weight is 312 g/mol. The van der Waals surface area contributed by atoms with E-state index in [1.165, 1.54) is 25.7 Å². The normalized spacial score (nSPS) is 23.0. The van der Waals surface area contributed by atoms with Gasteiger partial charge in [-0.25, -0.2) is 0 Å². The fourth-order valence-corrected chi connectivity index (χ4v) is 3.21. The van der Waals surface area contributed by atoms with Gasteiger partial charge in [0.05, 0.1) is 11.8 Å². The first-order valence-electron chi connectivity index (χ1n) is 9.01. The first-order chi connectivity index (χ1) is 10.6. The Morgan fingerprint density at radius 3 is 2.41 bits per heavy atom. The van der Waals surface area contributed by atoms with Crippen molar-refractivity contribution < 1.29 is 19.4 Å². The van der Waals surface area contributed by atoms with Crippen LogP contribution in [-0.2, 0) is 14.3 Å². The Bertz CT molecular complexity index is 340. The summed E-state index contributed by atoms with van der Waals surface area (Å²) in [5.74, 6) is -1.55. The summed E-state index contributed by atoms with van der Waals surface area (Å²) in [6.07, 6.45) is 10.6. The van der Waals surface area contributed by atoms with Crippen LogP contribution in [0.3, 0.4) is 0 Å².